The third kappa shape index (κ3) is 4.42. The van der Waals surface area contributed by atoms with Crippen molar-refractivity contribution in [2.45, 2.75) is 50.5 Å². The molecule has 1 saturated carbocycles. The molecule has 3 unspecified atom stereocenters. The van der Waals surface area contributed by atoms with Crippen molar-refractivity contribution >= 4 is 31.9 Å². The van der Waals surface area contributed by atoms with E-state index in [1.165, 1.54) is 25.7 Å². The number of aliphatic hydroxyl groups is 1. The van der Waals surface area contributed by atoms with Crippen LogP contribution in [-0.2, 0) is 5.60 Å². The summed E-state index contributed by atoms with van der Waals surface area (Å²) < 4.78 is 1.45. The van der Waals surface area contributed by atoms with Crippen molar-refractivity contribution in [2.24, 2.45) is 17.8 Å². The summed E-state index contributed by atoms with van der Waals surface area (Å²) in [6.45, 7) is 0. The van der Waals surface area contributed by atoms with Crippen molar-refractivity contribution in [3.8, 4) is 0 Å². The van der Waals surface area contributed by atoms with Gasteiger partial charge in [0.25, 0.3) is 0 Å². The van der Waals surface area contributed by atoms with Crippen molar-refractivity contribution in [1.82, 2.24) is 9.97 Å². The Morgan fingerprint density at radius 1 is 0.893 bits per heavy atom. The van der Waals surface area contributed by atoms with Crippen molar-refractivity contribution in [3.05, 3.63) is 69.1 Å². The Morgan fingerprint density at radius 2 is 1.57 bits per heavy atom. The van der Waals surface area contributed by atoms with E-state index in [4.69, 9.17) is 0 Å². The highest BCUT2D eigenvalue weighted by molar-refractivity contribution is 9.10. The number of hydrogen-bond acceptors (Lipinski definition) is 3. The third-order valence-electron chi connectivity index (χ3n) is 6.31. The molecule has 0 spiro atoms. The second-order valence-corrected chi connectivity index (χ2v) is 9.82. The lowest BCUT2D eigenvalue weighted by Crippen LogP contribution is -2.30. The van der Waals surface area contributed by atoms with Crippen LogP contribution in [-0.4, -0.2) is 15.1 Å². The van der Waals surface area contributed by atoms with Gasteiger partial charge in [-0.3, -0.25) is 0 Å². The standard InChI is InChI=1S/C23H26Br2N2O/c24-21-9-4-7-19(26-21)23(28,20-8-5-10-22(25)27-20)13-3-1-2-6-17-14-16-11-12-18(17)15-16/h4-5,7-12,16-18,28H,1-3,6,13-15H2. The number of pyridine rings is 2. The van der Waals surface area contributed by atoms with Crippen LogP contribution in [0.15, 0.2) is 57.8 Å². The molecule has 1 N–H and O–H groups in total. The van der Waals surface area contributed by atoms with Gasteiger partial charge in [-0.1, -0.05) is 37.1 Å². The average Bonchev–Trinajstić information content (AvgIpc) is 3.31. The number of unbranched alkanes of at least 4 members (excludes halogenated alkanes) is 2. The molecule has 0 amide bonds. The van der Waals surface area contributed by atoms with Crippen LogP contribution in [0.2, 0.25) is 0 Å². The number of fused-ring (bicyclic) bond motifs is 2. The maximum atomic E-state index is 11.6. The summed E-state index contributed by atoms with van der Waals surface area (Å²) in [6.07, 6.45) is 12.9. The maximum Gasteiger partial charge on any atom is 0.148 e. The summed E-state index contributed by atoms with van der Waals surface area (Å²) in [6, 6.07) is 11.4. The van der Waals surface area contributed by atoms with Crippen molar-refractivity contribution in [2.75, 3.05) is 0 Å². The summed E-state index contributed by atoms with van der Waals surface area (Å²) in [5.74, 6) is 2.57. The molecular weight excluding hydrogens is 480 g/mol. The van der Waals surface area contributed by atoms with Gasteiger partial charge in [-0.25, -0.2) is 9.97 Å². The van der Waals surface area contributed by atoms with E-state index in [1.807, 2.05) is 36.4 Å². The lowest BCUT2D eigenvalue weighted by molar-refractivity contribution is 0.0585. The lowest BCUT2D eigenvalue weighted by Gasteiger charge is -2.28. The van der Waals surface area contributed by atoms with Crippen LogP contribution in [0.25, 0.3) is 0 Å². The molecule has 2 bridgehead atoms. The predicted octanol–water partition coefficient (Wildman–Crippen LogP) is 6.40. The molecule has 2 heterocycles. The van der Waals surface area contributed by atoms with Crippen LogP contribution in [0, 0.1) is 17.8 Å². The van der Waals surface area contributed by atoms with E-state index in [2.05, 4.69) is 54.0 Å². The van der Waals surface area contributed by atoms with E-state index in [9.17, 15) is 5.11 Å². The van der Waals surface area contributed by atoms with Crippen LogP contribution in [0.5, 0.6) is 0 Å². The van der Waals surface area contributed by atoms with Gasteiger partial charge in [0.2, 0.25) is 0 Å². The minimum Gasteiger partial charge on any atom is -0.377 e. The first-order valence-electron chi connectivity index (χ1n) is 10.2. The predicted molar refractivity (Wildman–Crippen MR) is 119 cm³/mol. The van der Waals surface area contributed by atoms with E-state index >= 15 is 0 Å². The zero-order valence-electron chi connectivity index (χ0n) is 15.9. The van der Waals surface area contributed by atoms with Crippen molar-refractivity contribution in [1.29, 1.82) is 0 Å². The number of aromatic nitrogens is 2. The van der Waals surface area contributed by atoms with Gasteiger partial charge in [-0.15, -0.1) is 0 Å². The quantitative estimate of drug-likeness (QED) is 0.256. The minimum absolute atomic E-state index is 0.622. The largest absolute Gasteiger partial charge is 0.377 e. The molecule has 148 valence electrons. The Kier molecular flexibility index (Phi) is 6.34. The fourth-order valence-electron chi connectivity index (χ4n) is 4.86. The number of rotatable bonds is 8. The van der Waals surface area contributed by atoms with Gasteiger partial charge in [0.05, 0.1) is 11.4 Å². The molecule has 3 nitrogen and oxygen atoms in total. The summed E-state index contributed by atoms with van der Waals surface area (Å²) in [5, 5.41) is 11.6. The number of allylic oxidation sites excluding steroid dienone is 2. The molecule has 0 aromatic carbocycles. The molecule has 28 heavy (non-hydrogen) atoms. The minimum atomic E-state index is -1.18. The van der Waals surface area contributed by atoms with Gasteiger partial charge in [-0.2, -0.15) is 0 Å². The molecule has 4 rings (SSSR count). The van der Waals surface area contributed by atoms with E-state index in [0.29, 0.717) is 17.8 Å². The highest BCUT2D eigenvalue weighted by Gasteiger charge is 2.36. The smallest absolute Gasteiger partial charge is 0.148 e. The summed E-state index contributed by atoms with van der Waals surface area (Å²) in [5.41, 5.74) is 0.111. The van der Waals surface area contributed by atoms with Gasteiger partial charge in [0.15, 0.2) is 0 Å². The molecule has 2 aromatic heterocycles. The number of hydrogen-bond donors (Lipinski definition) is 1. The normalized spacial score (nSPS) is 23.5. The Morgan fingerprint density at radius 3 is 2.11 bits per heavy atom. The SMILES string of the molecule is OC(CCCCCC1CC2C=CC1C2)(c1cccc(Br)n1)c1cccc(Br)n1. The summed E-state index contributed by atoms with van der Waals surface area (Å²) in [7, 11) is 0. The summed E-state index contributed by atoms with van der Waals surface area (Å²) in [4.78, 5) is 9.09. The van der Waals surface area contributed by atoms with Crippen LogP contribution in [0.4, 0.5) is 0 Å². The molecule has 0 aliphatic heterocycles. The number of halogens is 2. The fourth-order valence-corrected chi connectivity index (χ4v) is 5.54. The Bertz CT molecular complexity index is 809. The number of nitrogens with zero attached hydrogens (tertiary/aromatic N) is 2. The molecule has 2 aliphatic carbocycles. The Hall–Kier alpha value is -1.04. The lowest BCUT2D eigenvalue weighted by atomic mass is 9.86. The molecular formula is C23H26Br2N2O. The van der Waals surface area contributed by atoms with Crippen molar-refractivity contribution in [3.63, 3.8) is 0 Å². The van der Waals surface area contributed by atoms with E-state index in [1.54, 1.807) is 0 Å². The molecule has 0 radical (unpaired) electrons. The summed E-state index contributed by atoms with van der Waals surface area (Å²) >= 11 is 6.86. The first-order valence-corrected chi connectivity index (χ1v) is 11.8. The Balaban J connectivity index is 1.40. The maximum absolute atomic E-state index is 11.6. The van der Waals surface area contributed by atoms with Crippen molar-refractivity contribution < 1.29 is 5.11 Å². The van der Waals surface area contributed by atoms with Crippen LogP contribution >= 0.6 is 31.9 Å². The van der Waals surface area contributed by atoms with Gasteiger partial charge in [0.1, 0.15) is 14.8 Å². The first-order chi connectivity index (χ1) is 13.5. The zero-order valence-corrected chi connectivity index (χ0v) is 19.1. The van der Waals surface area contributed by atoms with E-state index in [0.717, 1.165) is 39.8 Å². The average molecular weight is 506 g/mol. The molecule has 3 atom stereocenters. The molecule has 2 aromatic rings. The second kappa shape index (κ2) is 8.76. The highest BCUT2D eigenvalue weighted by atomic mass is 79.9. The van der Waals surface area contributed by atoms with E-state index < -0.39 is 5.60 Å². The molecule has 5 heteroatoms. The van der Waals surface area contributed by atoms with Gasteiger partial charge in [0, 0.05) is 0 Å². The molecule has 2 aliphatic rings. The van der Waals surface area contributed by atoms with Crippen LogP contribution in [0.1, 0.15) is 56.3 Å². The highest BCUT2D eigenvalue weighted by Crippen LogP contribution is 2.45. The third-order valence-corrected chi connectivity index (χ3v) is 7.19. The molecule has 1 fully saturated rings. The Labute approximate surface area is 184 Å². The molecule has 0 saturated heterocycles. The zero-order chi connectivity index (χ0) is 19.6. The van der Waals surface area contributed by atoms with Crippen LogP contribution < -0.4 is 0 Å². The van der Waals surface area contributed by atoms with Gasteiger partial charge >= 0.3 is 0 Å². The van der Waals surface area contributed by atoms with Crippen LogP contribution in [0.3, 0.4) is 0 Å². The van der Waals surface area contributed by atoms with Gasteiger partial charge in [-0.05, 0) is 106 Å². The van der Waals surface area contributed by atoms with Gasteiger partial charge < -0.3 is 5.11 Å². The fraction of sp³-hybridized carbons (Fsp3) is 0.478. The monoisotopic (exact) mass is 504 g/mol. The first kappa shape index (κ1) is 20.2. The second-order valence-electron chi connectivity index (χ2n) is 8.19. The van der Waals surface area contributed by atoms with E-state index in [-0.39, 0.29) is 0 Å². The topological polar surface area (TPSA) is 46.0 Å².